The summed E-state index contributed by atoms with van der Waals surface area (Å²) >= 11 is 3.22. The van der Waals surface area contributed by atoms with Gasteiger partial charge in [-0.1, -0.05) is 0 Å². The summed E-state index contributed by atoms with van der Waals surface area (Å²) in [6.45, 7) is 0. The Morgan fingerprint density at radius 3 is 3.00 bits per heavy atom. The lowest BCUT2D eigenvalue weighted by Crippen LogP contribution is -1.65. The summed E-state index contributed by atoms with van der Waals surface area (Å²) in [6.07, 6.45) is 1.81. The van der Waals surface area contributed by atoms with Gasteiger partial charge in [0.1, 0.15) is 5.01 Å². The van der Waals surface area contributed by atoms with Crippen molar-refractivity contribution in [2.45, 2.75) is 0 Å². The van der Waals surface area contributed by atoms with Gasteiger partial charge < -0.3 is 0 Å². The van der Waals surface area contributed by atoms with E-state index in [0.717, 1.165) is 10.6 Å². The minimum atomic E-state index is 1.06. The summed E-state index contributed by atoms with van der Waals surface area (Å²) < 4.78 is 0. The van der Waals surface area contributed by atoms with E-state index in [4.69, 9.17) is 0 Å². The molecular weight excluding hydrogens is 162 g/mol. The van der Waals surface area contributed by atoms with Crippen LogP contribution in [0, 0.1) is 5.38 Å². The quantitative estimate of drug-likeness (QED) is 0.634. The molecule has 0 amide bonds. The number of aromatic nitrogens is 1. The van der Waals surface area contributed by atoms with E-state index in [9.17, 15) is 0 Å². The highest BCUT2D eigenvalue weighted by atomic mass is 32.1. The largest absolute Gasteiger partial charge is 0.244 e. The van der Waals surface area contributed by atoms with Crippen LogP contribution in [0.5, 0.6) is 0 Å². The Bertz CT molecular complexity index is 251. The van der Waals surface area contributed by atoms with Crippen molar-refractivity contribution in [3.05, 3.63) is 28.4 Å². The monoisotopic (exact) mass is 166 g/mol. The van der Waals surface area contributed by atoms with Crippen LogP contribution in [0.25, 0.3) is 10.6 Å². The molecule has 0 aliphatic rings. The molecule has 49 valence electrons. The molecule has 0 saturated heterocycles. The number of rotatable bonds is 1. The summed E-state index contributed by atoms with van der Waals surface area (Å²) in [5.41, 5.74) is 1.11. The topological polar surface area (TPSA) is 12.9 Å². The Morgan fingerprint density at radius 2 is 2.40 bits per heavy atom. The van der Waals surface area contributed by atoms with Gasteiger partial charge >= 0.3 is 0 Å². The third-order valence-electron chi connectivity index (χ3n) is 1.13. The Balaban J connectivity index is 2.48. The maximum Gasteiger partial charge on any atom is 0.124 e. The third-order valence-corrected chi connectivity index (χ3v) is 2.55. The molecule has 2 aromatic rings. The zero-order chi connectivity index (χ0) is 6.81. The van der Waals surface area contributed by atoms with Crippen molar-refractivity contribution in [1.29, 1.82) is 0 Å². The highest BCUT2D eigenvalue weighted by Gasteiger charge is 1.98. The molecule has 3 heteroatoms. The first kappa shape index (κ1) is 6.07. The summed E-state index contributed by atoms with van der Waals surface area (Å²) in [7, 11) is 0. The standard InChI is InChI=1S/C7H4NS2/c1-3-9-5-6(1)7-8-2-4-10-7/h1-4H. The maximum atomic E-state index is 4.15. The lowest BCUT2D eigenvalue weighted by atomic mass is 10.4. The van der Waals surface area contributed by atoms with Crippen molar-refractivity contribution in [3.8, 4) is 10.6 Å². The van der Waals surface area contributed by atoms with E-state index in [1.165, 1.54) is 0 Å². The van der Waals surface area contributed by atoms with Crippen molar-refractivity contribution in [1.82, 2.24) is 4.98 Å². The number of thiazole rings is 1. The van der Waals surface area contributed by atoms with Crippen molar-refractivity contribution < 1.29 is 0 Å². The molecule has 1 radical (unpaired) electrons. The first-order valence-corrected chi connectivity index (χ1v) is 4.58. The van der Waals surface area contributed by atoms with Crippen LogP contribution in [0.1, 0.15) is 0 Å². The van der Waals surface area contributed by atoms with Gasteiger partial charge in [0.15, 0.2) is 0 Å². The number of hydrogen-bond donors (Lipinski definition) is 0. The minimum Gasteiger partial charge on any atom is -0.244 e. The van der Waals surface area contributed by atoms with E-state index in [0.29, 0.717) is 0 Å². The van der Waals surface area contributed by atoms with E-state index >= 15 is 0 Å². The fraction of sp³-hybridized carbons (Fsp3) is 0. The van der Waals surface area contributed by atoms with Crippen LogP contribution in [0.2, 0.25) is 0 Å². The average molecular weight is 166 g/mol. The van der Waals surface area contributed by atoms with Gasteiger partial charge in [0.2, 0.25) is 0 Å². The van der Waals surface area contributed by atoms with E-state index in [1.54, 1.807) is 22.7 Å². The van der Waals surface area contributed by atoms with Crippen molar-refractivity contribution >= 4 is 22.7 Å². The molecular formula is C7H4NS2. The first-order valence-electron chi connectivity index (χ1n) is 2.82. The molecule has 0 saturated carbocycles. The second-order valence-corrected chi connectivity index (χ2v) is 3.38. The van der Waals surface area contributed by atoms with Crippen LogP contribution >= 0.6 is 22.7 Å². The highest BCUT2D eigenvalue weighted by molar-refractivity contribution is 7.13. The van der Waals surface area contributed by atoms with E-state index in [2.05, 4.69) is 10.4 Å². The molecule has 0 unspecified atom stereocenters. The molecule has 0 atom stereocenters. The third kappa shape index (κ3) is 0.978. The van der Waals surface area contributed by atoms with E-state index < -0.39 is 0 Å². The minimum absolute atomic E-state index is 1.06. The number of thiophene rings is 1. The van der Waals surface area contributed by atoms with Gasteiger partial charge in [0.25, 0.3) is 0 Å². The Morgan fingerprint density at radius 1 is 1.40 bits per heavy atom. The molecule has 0 aliphatic heterocycles. The molecule has 0 aliphatic carbocycles. The summed E-state index contributed by atoms with van der Waals surface area (Å²) in [5.74, 6) is 0. The molecule has 2 aromatic heterocycles. The molecule has 1 nitrogen and oxygen atoms in total. The lowest BCUT2D eigenvalue weighted by molar-refractivity contribution is 1.42. The van der Waals surface area contributed by atoms with Gasteiger partial charge in [-0.25, -0.2) is 4.98 Å². The van der Waals surface area contributed by atoms with Gasteiger partial charge in [-0.3, -0.25) is 0 Å². The smallest absolute Gasteiger partial charge is 0.124 e. The average Bonchev–Trinajstić information content (AvgIpc) is 2.59. The molecule has 10 heavy (non-hydrogen) atoms. The number of hydrogen-bond acceptors (Lipinski definition) is 3. The summed E-state index contributed by atoms with van der Waals surface area (Å²) in [6, 6.07) is 2.03. The Hall–Kier alpha value is -0.670. The van der Waals surface area contributed by atoms with Crippen LogP contribution in [-0.2, 0) is 0 Å². The molecule has 0 N–H and O–H groups in total. The first-order chi connectivity index (χ1) is 4.97. The zero-order valence-corrected chi connectivity index (χ0v) is 6.71. The van der Waals surface area contributed by atoms with Crippen molar-refractivity contribution in [3.63, 3.8) is 0 Å². The van der Waals surface area contributed by atoms with Crippen LogP contribution in [-0.4, -0.2) is 4.98 Å². The Labute approximate surface area is 67.0 Å². The van der Waals surface area contributed by atoms with Crippen LogP contribution in [0.3, 0.4) is 0 Å². The van der Waals surface area contributed by atoms with Gasteiger partial charge in [0, 0.05) is 17.1 Å². The molecule has 2 rings (SSSR count). The van der Waals surface area contributed by atoms with Gasteiger partial charge in [-0.2, -0.15) is 0 Å². The van der Waals surface area contributed by atoms with E-state index in [-0.39, 0.29) is 0 Å². The highest BCUT2D eigenvalue weighted by Crippen LogP contribution is 2.22. The van der Waals surface area contributed by atoms with Crippen LogP contribution in [0.15, 0.2) is 23.0 Å². The fourth-order valence-corrected chi connectivity index (χ4v) is 1.95. The van der Waals surface area contributed by atoms with Gasteiger partial charge in [-0.15, -0.1) is 22.7 Å². The van der Waals surface area contributed by atoms with Crippen LogP contribution < -0.4 is 0 Å². The summed E-state index contributed by atoms with van der Waals surface area (Å²) in [4.78, 5) is 4.15. The fourth-order valence-electron chi connectivity index (χ4n) is 0.705. The second-order valence-electron chi connectivity index (χ2n) is 1.77. The maximum absolute atomic E-state index is 4.15. The molecule has 2 heterocycles. The zero-order valence-electron chi connectivity index (χ0n) is 5.07. The van der Waals surface area contributed by atoms with Gasteiger partial charge in [0.05, 0.1) is 5.38 Å². The molecule has 0 aromatic carbocycles. The molecule has 0 spiro atoms. The van der Waals surface area contributed by atoms with Gasteiger partial charge in [-0.05, 0) is 11.4 Å². The SMILES string of the molecule is [c]1sccc1-c1nccs1. The predicted molar refractivity (Wildman–Crippen MR) is 44.3 cm³/mol. The van der Waals surface area contributed by atoms with Crippen molar-refractivity contribution in [2.75, 3.05) is 0 Å². The normalized spacial score (nSPS) is 10.0. The number of nitrogens with zero attached hydrogens (tertiary/aromatic N) is 1. The molecule has 0 fully saturated rings. The second kappa shape index (κ2) is 2.52. The lowest BCUT2D eigenvalue weighted by Gasteiger charge is -1.83. The molecule has 0 bridgehead atoms. The van der Waals surface area contributed by atoms with Crippen LogP contribution in [0.4, 0.5) is 0 Å². The Kier molecular flexibility index (Phi) is 1.53. The van der Waals surface area contributed by atoms with E-state index in [1.807, 2.05) is 23.0 Å². The predicted octanol–water partition coefficient (Wildman–Crippen LogP) is 2.67. The summed E-state index contributed by atoms with van der Waals surface area (Å²) in [5, 5.41) is 8.17. The van der Waals surface area contributed by atoms with Crippen molar-refractivity contribution in [2.24, 2.45) is 0 Å².